The van der Waals surface area contributed by atoms with E-state index in [4.69, 9.17) is 9.47 Å². The summed E-state index contributed by atoms with van der Waals surface area (Å²) >= 11 is 0. The molecule has 1 aliphatic heterocycles. The maximum absolute atomic E-state index is 5.21. The van der Waals surface area contributed by atoms with Gasteiger partial charge in [-0.05, 0) is 6.92 Å². The topological polar surface area (TPSA) is 18.5 Å². The largest absolute Gasteiger partial charge is 0.355 e. The van der Waals surface area contributed by atoms with Crippen molar-refractivity contribution in [2.75, 3.05) is 13.4 Å². The Balaban J connectivity index is 2.23. The van der Waals surface area contributed by atoms with Gasteiger partial charge >= 0.3 is 0 Å². The van der Waals surface area contributed by atoms with E-state index in [0.717, 1.165) is 13.0 Å². The van der Waals surface area contributed by atoms with Crippen LogP contribution < -0.4 is 0 Å². The minimum atomic E-state index is 0.295. The van der Waals surface area contributed by atoms with Crippen LogP contribution in [0.15, 0.2) is 12.2 Å². The number of ether oxygens (including phenoxy) is 2. The maximum Gasteiger partial charge on any atom is 0.147 e. The van der Waals surface area contributed by atoms with Gasteiger partial charge in [-0.2, -0.15) is 0 Å². The van der Waals surface area contributed by atoms with Crippen LogP contribution in [0.5, 0.6) is 0 Å². The summed E-state index contributed by atoms with van der Waals surface area (Å²) < 4.78 is 10.2. The lowest BCUT2D eigenvalue weighted by Crippen LogP contribution is -2.21. The number of rotatable bonds is 1. The summed E-state index contributed by atoms with van der Waals surface area (Å²) in [5.41, 5.74) is 0. The third-order valence-electron chi connectivity index (χ3n) is 1.32. The quantitative estimate of drug-likeness (QED) is 0.496. The van der Waals surface area contributed by atoms with Crippen LogP contribution in [0.4, 0.5) is 0 Å². The molecule has 1 rings (SSSR count). The van der Waals surface area contributed by atoms with E-state index >= 15 is 0 Å². The standard InChI is InChI=1S/C7H12O2/c1-2-3-7-4-5-8-6-9-7/h2-3,7H,4-6H2,1H3/b3-2+. The molecule has 0 spiro atoms. The monoisotopic (exact) mass is 128 g/mol. The van der Waals surface area contributed by atoms with E-state index < -0.39 is 0 Å². The first kappa shape index (κ1) is 6.78. The molecule has 1 aliphatic rings. The van der Waals surface area contributed by atoms with Gasteiger partial charge < -0.3 is 9.47 Å². The van der Waals surface area contributed by atoms with Crippen molar-refractivity contribution in [3.05, 3.63) is 12.2 Å². The van der Waals surface area contributed by atoms with Crippen molar-refractivity contribution < 1.29 is 9.47 Å². The zero-order valence-corrected chi connectivity index (χ0v) is 5.67. The van der Waals surface area contributed by atoms with Crippen molar-refractivity contribution in [2.45, 2.75) is 19.4 Å². The predicted molar refractivity (Wildman–Crippen MR) is 35.1 cm³/mol. The first-order valence-corrected chi connectivity index (χ1v) is 3.25. The molecule has 0 saturated carbocycles. The van der Waals surface area contributed by atoms with Gasteiger partial charge in [0.1, 0.15) is 6.79 Å². The van der Waals surface area contributed by atoms with Gasteiger partial charge in [0.05, 0.1) is 12.7 Å². The molecule has 0 aromatic heterocycles. The summed E-state index contributed by atoms with van der Waals surface area (Å²) in [5.74, 6) is 0. The van der Waals surface area contributed by atoms with Crippen LogP contribution in [0.3, 0.4) is 0 Å². The van der Waals surface area contributed by atoms with Crippen LogP contribution in [0.1, 0.15) is 13.3 Å². The Morgan fingerprint density at radius 1 is 1.56 bits per heavy atom. The van der Waals surface area contributed by atoms with Crippen LogP contribution in [-0.4, -0.2) is 19.5 Å². The molecule has 2 nitrogen and oxygen atoms in total. The van der Waals surface area contributed by atoms with Gasteiger partial charge in [0.15, 0.2) is 0 Å². The third-order valence-corrected chi connectivity index (χ3v) is 1.32. The molecule has 0 aliphatic carbocycles. The average Bonchev–Trinajstić information content (AvgIpc) is 1.91. The SMILES string of the molecule is C/C=C/C1CCOCO1. The highest BCUT2D eigenvalue weighted by molar-refractivity contribution is 4.87. The first-order valence-electron chi connectivity index (χ1n) is 3.25. The molecule has 0 amide bonds. The van der Waals surface area contributed by atoms with Crippen LogP contribution in [-0.2, 0) is 9.47 Å². The first-order chi connectivity index (χ1) is 4.43. The van der Waals surface area contributed by atoms with Gasteiger partial charge in [-0.1, -0.05) is 12.2 Å². The van der Waals surface area contributed by atoms with Gasteiger partial charge in [-0.15, -0.1) is 0 Å². The maximum atomic E-state index is 5.21. The third kappa shape index (κ3) is 2.16. The lowest BCUT2D eigenvalue weighted by Gasteiger charge is -2.19. The Hall–Kier alpha value is -0.340. The van der Waals surface area contributed by atoms with Crippen molar-refractivity contribution in [1.82, 2.24) is 0 Å². The smallest absolute Gasteiger partial charge is 0.147 e. The normalized spacial score (nSPS) is 29.2. The molecule has 0 aromatic carbocycles. The number of hydrogen-bond donors (Lipinski definition) is 0. The van der Waals surface area contributed by atoms with Gasteiger partial charge in [-0.25, -0.2) is 0 Å². The second-order valence-electron chi connectivity index (χ2n) is 2.05. The summed E-state index contributed by atoms with van der Waals surface area (Å²) in [4.78, 5) is 0. The van der Waals surface area contributed by atoms with Crippen molar-refractivity contribution in [2.24, 2.45) is 0 Å². The molecule has 0 radical (unpaired) electrons. The Bertz CT molecular complexity index is 93.1. The average molecular weight is 128 g/mol. The Labute approximate surface area is 55.5 Å². The van der Waals surface area contributed by atoms with Crippen molar-refractivity contribution in [3.63, 3.8) is 0 Å². The second-order valence-corrected chi connectivity index (χ2v) is 2.05. The van der Waals surface area contributed by atoms with E-state index in [0.29, 0.717) is 12.9 Å². The lowest BCUT2D eigenvalue weighted by atomic mass is 10.2. The fourth-order valence-electron chi connectivity index (χ4n) is 0.844. The highest BCUT2D eigenvalue weighted by Crippen LogP contribution is 2.06. The molecule has 0 bridgehead atoms. The second kappa shape index (κ2) is 3.64. The summed E-state index contributed by atoms with van der Waals surface area (Å²) in [6.45, 7) is 3.28. The minimum Gasteiger partial charge on any atom is -0.355 e. The Morgan fingerprint density at radius 2 is 2.44 bits per heavy atom. The summed E-state index contributed by atoms with van der Waals surface area (Å²) in [6, 6.07) is 0. The minimum absolute atomic E-state index is 0.295. The van der Waals surface area contributed by atoms with Gasteiger partial charge in [0.2, 0.25) is 0 Å². The molecule has 1 saturated heterocycles. The molecule has 1 unspecified atom stereocenters. The van der Waals surface area contributed by atoms with E-state index in [9.17, 15) is 0 Å². The van der Waals surface area contributed by atoms with Crippen molar-refractivity contribution in [1.29, 1.82) is 0 Å². The van der Waals surface area contributed by atoms with E-state index in [2.05, 4.69) is 6.08 Å². The molecule has 2 heteroatoms. The molecule has 1 atom stereocenters. The van der Waals surface area contributed by atoms with E-state index in [1.54, 1.807) is 0 Å². The van der Waals surface area contributed by atoms with Crippen LogP contribution in [0, 0.1) is 0 Å². The lowest BCUT2D eigenvalue weighted by molar-refractivity contribution is -0.123. The molecule has 1 heterocycles. The molecule has 9 heavy (non-hydrogen) atoms. The van der Waals surface area contributed by atoms with Crippen LogP contribution in [0.25, 0.3) is 0 Å². The molecule has 0 N–H and O–H groups in total. The number of hydrogen-bond acceptors (Lipinski definition) is 2. The Morgan fingerprint density at radius 3 is 3.00 bits per heavy atom. The fraction of sp³-hybridized carbons (Fsp3) is 0.714. The van der Waals surface area contributed by atoms with E-state index in [-0.39, 0.29) is 0 Å². The zero-order valence-electron chi connectivity index (χ0n) is 5.67. The zero-order chi connectivity index (χ0) is 6.53. The van der Waals surface area contributed by atoms with Gasteiger partial charge in [0.25, 0.3) is 0 Å². The summed E-state index contributed by atoms with van der Waals surface area (Å²) in [7, 11) is 0. The molecule has 1 fully saturated rings. The predicted octanol–water partition coefficient (Wildman–Crippen LogP) is 1.33. The summed E-state index contributed by atoms with van der Waals surface area (Å²) in [6.07, 6.45) is 5.35. The fourth-order valence-corrected chi connectivity index (χ4v) is 0.844. The van der Waals surface area contributed by atoms with Gasteiger partial charge in [-0.3, -0.25) is 0 Å². The van der Waals surface area contributed by atoms with Crippen LogP contribution in [0.2, 0.25) is 0 Å². The highest BCUT2D eigenvalue weighted by Gasteiger charge is 2.08. The number of allylic oxidation sites excluding steroid dienone is 1. The molecular formula is C7H12O2. The van der Waals surface area contributed by atoms with Gasteiger partial charge in [0, 0.05) is 6.42 Å². The molecule has 0 aromatic rings. The van der Waals surface area contributed by atoms with Crippen molar-refractivity contribution >= 4 is 0 Å². The van der Waals surface area contributed by atoms with E-state index in [1.165, 1.54) is 0 Å². The van der Waals surface area contributed by atoms with Crippen LogP contribution >= 0.6 is 0 Å². The molecule has 52 valence electrons. The highest BCUT2D eigenvalue weighted by atomic mass is 16.7. The Kier molecular flexibility index (Phi) is 2.74. The summed E-state index contributed by atoms with van der Waals surface area (Å²) in [5, 5.41) is 0. The van der Waals surface area contributed by atoms with E-state index in [1.807, 2.05) is 13.0 Å². The molecular weight excluding hydrogens is 116 g/mol. The van der Waals surface area contributed by atoms with Crippen molar-refractivity contribution in [3.8, 4) is 0 Å².